The summed E-state index contributed by atoms with van der Waals surface area (Å²) < 4.78 is 7.30. The number of aryl methyl sites for hydroxylation is 3. The highest BCUT2D eigenvalue weighted by molar-refractivity contribution is 7.99. The van der Waals surface area contributed by atoms with Gasteiger partial charge in [-0.25, -0.2) is 4.98 Å². The van der Waals surface area contributed by atoms with Crippen molar-refractivity contribution in [2.24, 2.45) is 0 Å². The summed E-state index contributed by atoms with van der Waals surface area (Å²) in [5, 5.41) is 4.33. The first-order valence-electron chi connectivity index (χ1n) is 7.45. The molecule has 1 aliphatic heterocycles. The van der Waals surface area contributed by atoms with Crippen LogP contribution < -0.4 is 0 Å². The van der Waals surface area contributed by atoms with Crippen LogP contribution in [0.4, 0.5) is 0 Å². The first-order valence-corrected chi connectivity index (χ1v) is 8.60. The Labute approximate surface area is 133 Å². The van der Waals surface area contributed by atoms with Crippen LogP contribution >= 0.6 is 11.8 Å². The lowest BCUT2D eigenvalue weighted by Crippen LogP contribution is -2.41. The summed E-state index contributed by atoms with van der Waals surface area (Å²) in [5.74, 6) is 2.90. The molecule has 6 nitrogen and oxygen atoms in total. The van der Waals surface area contributed by atoms with Gasteiger partial charge in [-0.05, 0) is 13.8 Å². The standard InChI is InChI=1S/C15H20N4O2S/c1-4-18-8-12(7-16-18)13-9-22-6-5-19(13)15(20)14-10(2)21-11(3)17-14/h7-8,13H,4-6,9H2,1-3H3. The Bertz CT molecular complexity index is 679. The Morgan fingerprint density at radius 2 is 2.32 bits per heavy atom. The van der Waals surface area contributed by atoms with Gasteiger partial charge in [0, 0.05) is 43.3 Å². The first kappa shape index (κ1) is 15.1. The van der Waals surface area contributed by atoms with Crippen molar-refractivity contribution in [1.82, 2.24) is 19.7 Å². The molecule has 2 aromatic rings. The number of hydrogen-bond donors (Lipinski definition) is 0. The van der Waals surface area contributed by atoms with Crippen LogP contribution in [0.2, 0.25) is 0 Å². The quantitative estimate of drug-likeness (QED) is 0.869. The van der Waals surface area contributed by atoms with Crippen LogP contribution in [0.15, 0.2) is 16.8 Å². The number of rotatable bonds is 3. The second-order valence-electron chi connectivity index (χ2n) is 5.36. The summed E-state index contributed by atoms with van der Waals surface area (Å²) in [6, 6.07) is 0.0444. The highest BCUT2D eigenvalue weighted by atomic mass is 32.2. The molecular formula is C15H20N4O2S. The Balaban J connectivity index is 1.89. The average molecular weight is 320 g/mol. The van der Waals surface area contributed by atoms with E-state index in [0.717, 1.165) is 30.2 Å². The molecule has 1 aliphatic rings. The third-order valence-electron chi connectivity index (χ3n) is 3.86. The van der Waals surface area contributed by atoms with Gasteiger partial charge in [-0.15, -0.1) is 0 Å². The summed E-state index contributed by atoms with van der Waals surface area (Å²) in [5.41, 5.74) is 1.51. The largest absolute Gasteiger partial charge is 0.445 e. The van der Waals surface area contributed by atoms with Crippen LogP contribution in [0, 0.1) is 13.8 Å². The number of carbonyl (C=O) groups is 1. The molecule has 1 amide bonds. The Hall–Kier alpha value is -1.76. The second-order valence-corrected chi connectivity index (χ2v) is 6.51. The molecule has 22 heavy (non-hydrogen) atoms. The smallest absolute Gasteiger partial charge is 0.276 e. The van der Waals surface area contributed by atoms with Gasteiger partial charge >= 0.3 is 0 Å². The van der Waals surface area contributed by atoms with E-state index in [2.05, 4.69) is 17.0 Å². The fourth-order valence-corrected chi connectivity index (χ4v) is 3.80. The summed E-state index contributed by atoms with van der Waals surface area (Å²) in [7, 11) is 0. The van der Waals surface area contributed by atoms with E-state index in [4.69, 9.17) is 4.42 Å². The molecule has 0 aromatic carbocycles. The maximum absolute atomic E-state index is 12.9. The number of hydrogen-bond acceptors (Lipinski definition) is 5. The minimum absolute atomic E-state index is 0.0444. The van der Waals surface area contributed by atoms with Crippen LogP contribution in [0.3, 0.4) is 0 Å². The molecule has 3 heterocycles. The van der Waals surface area contributed by atoms with Gasteiger partial charge in [0.05, 0.1) is 12.2 Å². The van der Waals surface area contributed by atoms with Crippen molar-refractivity contribution in [3.05, 3.63) is 35.3 Å². The van der Waals surface area contributed by atoms with E-state index >= 15 is 0 Å². The third kappa shape index (κ3) is 2.77. The molecule has 0 aliphatic carbocycles. The molecular weight excluding hydrogens is 300 g/mol. The monoisotopic (exact) mass is 320 g/mol. The van der Waals surface area contributed by atoms with Crippen molar-refractivity contribution in [2.75, 3.05) is 18.1 Å². The molecule has 3 rings (SSSR count). The molecule has 0 N–H and O–H groups in total. The van der Waals surface area contributed by atoms with Gasteiger partial charge in [-0.3, -0.25) is 9.48 Å². The van der Waals surface area contributed by atoms with E-state index in [-0.39, 0.29) is 11.9 Å². The van der Waals surface area contributed by atoms with Crippen LogP contribution in [-0.4, -0.2) is 43.6 Å². The van der Waals surface area contributed by atoms with Crippen molar-refractivity contribution >= 4 is 17.7 Å². The topological polar surface area (TPSA) is 64.2 Å². The van der Waals surface area contributed by atoms with Gasteiger partial charge in [-0.1, -0.05) is 0 Å². The van der Waals surface area contributed by atoms with Gasteiger partial charge in [0.2, 0.25) is 0 Å². The lowest BCUT2D eigenvalue weighted by Gasteiger charge is -2.34. The van der Waals surface area contributed by atoms with E-state index in [1.165, 1.54) is 0 Å². The molecule has 118 valence electrons. The van der Waals surface area contributed by atoms with Gasteiger partial charge in [0.1, 0.15) is 5.76 Å². The minimum Gasteiger partial charge on any atom is -0.445 e. The maximum Gasteiger partial charge on any atom is 0.276 e. The molecule has 0 bridgehead atoms. The Morgan fingerprint density at radius 3 is 2.95 bits per heavy atom. The van der Waals surface area contributed by atoms with E-state index in [1.54, 1.807) is 13.8 Å². The SMILES string of the molecule is CCn1cc(C2CSCCN2C(=O)c2nc(C)oc2C)cn1. The van der Waals surface area contributed by atoms with Crippen molar-refractivity contribution in [3.63, 3.8) is 0 Å². The summed E-state index contributed by atoms with van der Waals surface area (Å²) in [6.45, 7) is 7.15. The van der Waals surface area contributed by atoms with Crippen LogP contribution in [0.25, 0.3) is 0 Å². The predicted octanol–water partition coefficient (Wildman–Crippen LogP) is 2.44. The second kappa shape index (κ2) is 6.16. The number of oxazole rings is 1. The molecule has 1 atom stereocenters. The molecule has 0 radical (unpaired) electrons. The average Bonchev–Trinajstić information content (AvgIpc) is 3.13. The number of nitrogens with zero attached hydrogens (tertiary/aromatic N) is 4. The molecule has 0 saturated carbocycles. The van der Waals surface area contributed by atoms with Crippen molar-refractivity contribution in [2.45, 2.75) is 33.4 Å². The zero-order valence-electron chi connectivity index (χ0n) is 13.1. The zero-order chi connectivity index (χ0) is 15.7. The van der Waals surface area contributed by atoms with Gasteiger partial charge in [-0.2, -0.15) is 16.9 Å². The normalized spacial score (nSPS) is 18.7. The Morgan fingerprint density at radius 1 is 1.50 bits per heavy atom. The van der Waals surface area contributed by atoms with Gasteiger partial charge in [0.25, 0.3) is 5.91 Å². The molecule has 1 fully saturated rings. The van der Waals surface area contributed by atoms with E-state index < -0.39 is 0 Å². The van der Waals surface area contributed by atoms with Crippen LogP contribution in [-0.2, 0) is 6.54 Å². The number of aromatic nitrogens is 3. The van der Waals surface area contributed by atoms with Gasteiger partial charge < -0.3 is 9.32 Å². The molecule has 7 heteroatoms. The minimum atomic E-state index is -0.0519. The lowest BCUT2D eigenvalue weighted by molar-refractivity contribution is 0.0694. The summed E-state index contributed by atoms with van der Waals surface area (Å²) >= 11 is 1.87. The molecule has 1 unspecified atom stereocenters. The summed E-state index contributed by atoms with van der Waals surface area (Å²) in [4.78, 5) is 19.0. The highest BCUT2D eigenvalue weighted by Gasteiger charge is 2.32. The third-order valence-corrected chi connectivity index (χ3v) is 4.88. The van der Waals surface area contributed by atoms with Crippen molar-refractivity contribution in [1.29, 1.82) is 0 Å². The highest BCUT2D eigenvalue weighted by Crippen LogP contribution is 2.31. The number of carbonyl (C=O) groups excluding carboxylic acids is 1. The molecule has 0 spiro atoms. The van der Waals surface area contributed by atoms with E-state index in [9.17, 15) is 4.79 Å². The van der Waals surface area contributed by atoms with Crippen molar-refractivity contribution < 1.29 is 9.21 Å². The fourth-order valence-electron chi connectivity index (χ4n) is 2.71. The Kier molecular flexibility index (Phi) is 4.24. The maximum atomic E-state index is 12.9. The van der Waals surface area contributed by atoms with E-state index in [1.807, 2.05) is 33.7 Å². The predicted molar refractivity (Wildman–Crippen MR) is 85.0 cm³/mol. The van der Waals surface area contributed by atoms with Gasteiger partial charge in [0.15, 0.2) is 11.6 Å². The molecule has 2 aromatic heterocycles. The van der Waals surface area contributed by atoms with Crippen molar-refractivity contribution in [3.8, 4) is 0 Å². The fraction of sp³-hybridized carbons (Fsp3) is 0.533. The van der Waals surface area contributed by atoms with Crippen LogP contribution in [0.1, 0.15) is 40.7 Å². The summed E-state index contributed by atoms with van der Waals surface area (Å²) in [6.07, 6.45) is 3.89. The number of thioether (sulfide) groups is 1. The molecule has 1 saturated heterocycles. The van der Waals surface area contributed by atoms with Crippen LogP contribution in [0.5, 0.6) is 0 Å². The first-order chi connectivity index (χ1) is 10.6. The zero-order valence-corrected chi connectivity index (χ0v) is 13.9. The number of amides is 1. The lowest BCUT2D eigenvalue weighted by atomic mass is 10.1. The van der Waals surface area contributed by atoms with E-state index in [0.29, 0.717) is 17.3 Å².